The van der Waals surface area contributed by atoms with Gasteiger partial charge in [0, 0.05) is 39.4 Å². The third-order valence-electron chi connectivity index (χ3n) is 4.87. The zero-order valence-electron chi connectivity index (χ0n) is 14.6. The van der Waals surface area contributed by atoms with Crippen molar-refractivity contribution < 1.29 is 9.53 Å². The molecule has 0 unspecified atom stereocenters. The lowest BCUT2D eigenvalue weighted by atomic mass is 9.88. The van der Waals surface area contributed by atoms with Gasteiger partial charge in [-0.25, -0.2) is 0 Å². The van der Waals surface area contributed by atoms with E-state index >= 15 is 0 Å². The van der Waals surface area contributed by atoms with Crippen molar-refractivity contribution >= 4 is 5.91 Å². The summed E-state index contributed by atoms with van der Waals surface area (Å²) < 4.78 is 7.33. The highest BCUT2D eigenvalue weighted by Gasteiger charge is 2.32. The van der Waals surface area contributed by atoms with Gasteiger partial charge in [0.05, 0.1) is 6.10 Å². The maximum atomic E-state index is 12.8. The monoisotopic (exact) mass is 327 g/mol. The average Bonchev–Trinajstić information content (AvgIpc) is 3.00. The molecule has 1 amide bonds. The number of methoxy groups -OCH3 is 1. The Balaban J connectivity index is 1.74. The predicted molar refractivity (Wildman–Crippen MR) is 92.9 cm³/mol. The third-order valence-corrected chi connectivity index (χ3v) is 4.87. The Labute approximate surface area is 143 Å². The van der Waals surface area contributed by atoms with Gasteiger partial charge in [-0.2, -0.15) is 5.10 Å². The van der Waals surface area contributed by atoms with Crippen LogP contribution in [-0.4, -0.2) is 46.9 Å². The van der Waals surface area contributed by atoms with E-state index in [9.17, 15) is 4.79 Å². The molecule has 0 N–H and O–H groups in total. The second kappa shape index (κ2) is 7.18. The zero-order chi connectivity index (χ0) is 17.1. The molecular weight excluding hydrogens is 302 g/mol. The number of carbonyl (C=O) groups is 1. The number of nitrogens with zero attached hydrogens (tertiary/aromatic N) is 3. The number of hydrogen-bond acceptors (Lipinski definition) is 3. The van der Waals surface area contributed by atoms with Gasteiger partial charge in [0.15, 0.2) is 0 Å². The van der Waals surface area contributed by atoms with Crippen molar-refractivity contribution in [2.75, 3.05) is 20.2 Å². The topological polar surface area (TPSA) is 47.4 Å². The largest absolute Gasteiger partial charge is 0.381 e. The molecule has 2 aromatic rings. The fourth-order valence-corrected chi connectivity index (χ4v) is 3.59. The first-order valence-electron chi connectivity index (χ1n) is 8.44. The molecule has 1 aromatic carbocycles. The van der Waals surface area contributed by atoms with Crippen LogP contribution >= 0.6 is 0 Å². The van der Waals surface area contributed by atoms with E-state index in [0.29, 0.717) is 11.6 Å². The Morgan fingerprint density at radius 2 is 2.21 bits per heavy atom. The van der Waals surface area contributed by atoms with Gasteiger partial charge in [-0.1, -0.05) is 29.8 Å². The van der Waals surface area contributed by atoms with Crippen LogP contribution in [0.4, 0.5) is 0 Å². The fourth-order valence-electron chi connectivity index (χ4n) is 3.59. The molecule has 1 aliphatic heterocycles. The minimum absolute atomic E-state index is 0.0544. The van der Waals surface area contributed by atoms with Gasteiger partial charge in [-0.15, -0.1) is 0 Å². The molecule has 0 bridgehead atoms. The van der Waals surface area contributed by atoms with Crippen LogP contribution in [-0.2, 0) is 18.2 Å². The zero-order valence-corrected chi connectivity index (χ0v) is 14.6. The van der Waals surface area contributed by atoms with Crippen LogP contribution in [0.2, 0.25) is 0 Å². The Bertz CT molecular complexity index is 710. The molecule has 1 aromatic heterocycles. The van der Waals surface area contributed by atoms with Crippen molar-refractivity contribution in [3.8, 4) is 0 Å². The molecule has 0 saturated carbocycles. The van der Waals surface area contributed by atoms with Crippen LogP contribution in [0.5, 0.6) is 0 Å². The first-order chi connectivity index (χ1) is 11.6. The molecule has 1 fully saturated rings. The summed E-state index contributed by atoms with van der Waals surface area (Å²) in [6.45, 7) is 3.56. The summed E-state index contributed by atoms with van der Waals surface area (Å²) in [7, 11) is 3.58. The lowest BCUT2D eigenvalue weighted by Crippen LogP contribution is -2.47. The van der Waals surface area contributed by atoms with E-state index in [-0.39, 0.29) is 12.0 Å². The Morgan fingerprint density at radius 1 is 1.38 bits per heavy atom. The summed E-state index contributed by atoms with van der Waals surface area (Å²) >= 11 is 0. The van der Waals surface area contributed by atoms with Crippen molar-refractivity contribution in [3.05, 3.63) is 53.3 Å². The molecule has 0 spiro atoms. The highest BCUT2D eigenvalue weighted by atomic mass is 16.5. The molecule has 5 nitrogen and oxygen atoms in total. The van der Waals surface area contributed by atoms with Crippen LogP contribution in [0.15, 0.2) is 36.5 Å². The van der Waals surface area contributed by atoms with E-state index in [1.165, 1.54) is 11.1 Å². The molecule has 3 rings (SSSR count). The van der Waals surface area contributed by atoms with Crippen LogP contribution in [0.1, 0.15) is 28.0 Å². The molecule has 5 heteroatoms. The summed E-state index contributed by atoms with van der Waals surface area (Å²) in [4.78, 5) is 14.7. The molecule has 0 aliphatic carbocycles. The van der Waals surface area contributed by atoms with Crippen LogP contribution in [0.25, 0.3) is 0 Å². The van der Waals surface area contributed by atoms with E-state index in [2.05, 4.69) is 36.3 Å². The van der Waals surface area contributed by atoms with E-state index in [1.54, 1.807) is 31.1 Å². The highest BCUT2D eigenvalue weighted by Crippen LogP contribution is 2.25. The van der Waals surface area contributed by atoms with Gasteiger partial charge in [0.25, 0.3) is 5.91 Å². The van der Waals surface area contributed by atoms with Crippen molar-refractivity contribution in [1.82, 2.24) is 14.7 Å². The molecule has 128 valence electrons. The molecule has 2 heterocycles. The summed E-state index contributed by atoms with van der Waals surface area (Å²) in [5, 5.41) is 4.10. The summed E-state index contributed by atoms with van der Waals surface area (Å²) in [6.07, 6.45) is 3.66. The van der Waals surface area contributed by atoms with E-state index in [0.717, 1.165) is 25.9 Å². The number of piperidine rings is 1. The first-order valence-corrected chi connectivity index (χ1v) is 8.44. The number of ether oxygens (including phenoxy) is 1. The van der Waals surface area contributed by atoms with Crippen LogP contribution in [0, 0.1) is 12.8 Å². The SMILES string of the molecule is CO[C@@H]1CCN(C(=O)c2ccnn2C)C[C@@H]1Cc1cccc(C)c1. The maximum Gasteiger partial charge on any atom is 0.272 e. The van der Waals surface area contributed by atoms with Gasteiger partial charge in [0.2, 0.25) is 0 Å². The van der Waals surface area contributed by atoms with Gasteiger partial charge in [-0.05, 0) is 31.4 Å². The second-order valence-corrected chi connectivity index (χ2v) is 6.61. The number of aromatic nitrogens is 2. The summed E-state index contributed by atoms with van der Waals surface area (Å²) in [6, 6.07) is 10.3. The first kappa shape index (κ1) is 16.7. The number of rotatable bonds is 4. The second-order valence-electron chi connectivity index (χ2n) is 6.61. The van der Waals surface area contributed by atoms with Crippen LogP contribution in [0.3, 0.4) is 0 Å². The summed E-state index contributed by atoms with van der Waals surface area (Å²) in [5.74, 6) is 0.363. The Kier molecular flexibility index (Phi) is 5.00. The average molecular weight is 327 g/mol. The lowest BCUT2D eigenvalue weighted by molar-refractivity contribution is -0.00331. The Hall–Kier alpha value is -2.14. The summed E-state index contributed by atoms with van der Waals surface area (Å²) in [5.41, 5.74) is 3.21. The van der Waals surface area contributed by atoms with Gasteiger partial charge >= 0.3 is 0 Å². The van der Waals surface area contributed by atoms with E-state index in [1.807, 2.05) is 4.90 Å². The van der Waals surface area contributed by atoms with E-state index in [4.69, 9.17) is 4.74 Å². The fraction of sp³-hybridized carbons (Fsp3) is 0.474. The van der Waals surface area contributed by atoms with Gasteiger partial charge in [-0.3, -0.25) is 9.48 Å². The number of aryl methyl sites for hydroxylation is 2. The minimum atomic E-state index is 0.0544. The molecule has 1 saturated heterocycles. The number of benzene rings is 1. The molecular formula is C19H25N3O2. The molecule has 1 aliphatic rings. The molecule has 2 atom stereocenters. The normalized spacial score (nSPS) is 21.0. The highest BCUT2D eigenvalue weighted by molar-refractivity contribution is 5.92. The van der Waals surface area contributed by atoms with E-state index < -0.39 is 0 Å². The molecule has 0 radical (unpaired) electrons. The number of likely N-dealkylation sites (tertiary alicyclic amines) is 1. The van der Waals surface area contributed by atoms with Crippen molar-refractivity contribution in [2.45, 2.75) is 25.9 Å². The Morgan fingerprint density at radius 3 is 2.88 bits per heavy atom. The standard InChI is InChI=1S/C19H25N3O2/c1-14-5-4-6-15(11-14)12-16-13-22(10-8-18(16)24-3)19(23)17-7-9-20-21(17)2/h4-7,9,11,16,18H,8,10,12-13H2,1-3H3/t16-,18+/m0/s1. The number of hydrogen-bond donors (Lipinski definition) is 0. The third kappa shape index (κ3) is 3.51. The molecule has 24 heavy (non-hydrogen) atoms. The minimum Gasteiger partial charge on any atom is -0.381 e. The maximum absolute atomic E-state index is 12.8. The van der Waals surface area contributed by atoms with Gasteiger partial charge < -0.3 is 9.64 Å². The van der Waals surface area contributed by atoms with Gasteiger partial charge in [0.1, 0.15) is 5.69 Å². The quantitative estimate of drug-likeness (QED) is 0.866. The lowest BCUT2D eigenvalue weighted by Gasteiger charge is -2.38. The predicted octanol–water partition coefficient (Wildman–Crippen LogP) is 2.45. The smallest absolute Gasteiger partial charge is 0.272 e. The number of carbonyl (C=O) groups excluding carboxylic acids is 1. The number of amides is 1. The van der Waals surface area contributed by atoms with Crippen molar-refractivity contribution in [1.29, 1.82) is 0 Å². The van der Waals surface area contributed by atoms with Crippen molar-refractivity contribution in [2.24, 2.45) is 13.0 Å². The van der Waals surface area contributed by atoms with Crippen molar-refractivity contribution in [3.63, 3.8) is 0 Å². The van der Waals surface area contributed by atoms with Crippen LogP contribution < -0.4 is 0 Å².